The minimum atomic E-state index is -0.477. The Bertz CT molecular complexity index is 689. The van der Waals surface area contributed by atoms with E-state index < -0.39 is 6.03 Å². The summed E-state index contributed by atoms with van der Waals surface area (Å²) >= 11 is 14.8. The summed E-state index contributed by atoms with van der Waals surface area (Å²) in [5, 5.41) is 6.07. The standard InChI is InChI=1S/C14H10BrCl2FN2O/c1-7-2-12(18)11(15)6-13(7)20-14(21)19-10-4-8(16)3-9(17)5-10/h2-6H,1H3,(H2,19,20,21). The number of halogens is 4. The molecule has 0 heterocycles. The minimum absolute atomic E-state index is 0.272. The Morgan fingerprint density at radius 2 is 1.71 bits per heavy atom. The van der Waals surface area contributed by atoms with E-state index in [0.29, 0.717) is 27.0 Å². The van der Waals surface area contributed by atoms with Crippen molar-refractivity contribution < 1.29 is 9.18 Å². The van der Waals surface area contributed by atoms with E-state index in [4.69, 9.17) is 23.2 Å². The second kappa shape index (κ2) is 6.64. The Morgan fingerprint density at radius 1 is 1.10 bits per heavy atom. The second-order valence-corrected chi connectivity index (χ2v) is 6.05. The number of urea groups is 1. The van der Waals surface area contributed by atoms with Crippen LogP contribution >= 0.6 is 39.1 Å². The number of anilines is 2. The van der Waals surface area contributed by atoms with Crippen LogP contribution in [0.2, 0.25) is 10.0 Å². The molecule has 110 valence electrons. The number of aryl methyl sites for hydroxylation is 1. The third-order valence-corrected chi connectivity index (χ3v) is 3.68. The molecule has 2 N–H and O–H groups in total. The van der Waals surface area contributed by atoms with Gasteiger partial charge in [-0.15, -0.1) is 0 Å². The molecule has 0 saturated carbocycles. The monoisotopic (exact) mass is 390 g/mol. The van der Waals surface area contributed by atoms with Crippen LogP contribution in [0.4, 0.5) is 20.6 Å². The second-order valence-electron chi connectivity index (χ2n) is 4.32. The van der Waals surface area contributed by atoms with E-state index >= 15 is 0 Å². The van der Waals surface area contributed by atoms with Crippen molar-refractivity contribution in [1.82, 2.24) is 0 Å². The number of hydrogen-bond donors (Lipinski definition) is 2. The van der Waals surface area contributed by atoms with Crippen molar-refractivity contribution in [3.63, 3.8) is 0 Å². The van der Waals surface area contributed by atoms with E-state index in [-0.39, 0.29) is 10.3 Å². The Balaban J connectivity index is 2.13. The number of carbonyl (C=O) groups excluding carboxylic acids is 1. The van der Waals surface area contributed by atoms with Gasteiger partial charge in [0.1, 0.15) is 5.82 Å². The molecule has 2 aromatic carbocycles. The van der Waals surface area contributed by atoms with Gasteiger partial charge in [0.2, 0.25) is 0 Å². The predicted octanol–water partition coefficient (Wildman–Crippen LogP) is 5.85. The first-order valence-corrected chi connectivity index (χ1v) is 7.40. The molecule has 0 aromatic heterocycles. The summed E-state index contributed by atoms with van der Waals surface area (Å²) in [6, 6.07) is 7.05. The van der Waals surface area contributed by atoms with Gasteiger partial charge in [0.05, 0.1) is 4.47 Å². The van der Waals surface area contributed by atoms with E-state index in [1.165, 1.54) is 12.1 Å². The molecule has 7 heteroatoms. The molecule has 0 aliphatic heterocycles. The van der Waals surface area contributed by atoms with E-state index in [1.807, 2.05) is 0 Å². The first-order valence-electron chi connectivity index (χ1n) is 5.85. The van der Waals surface area contributed by atoms with Crippen LogP contribution in [0.25, 0.3) is 0 Å². The van der Waals surface area contributed by atoms with Gasteiger partial charge in [-0.2, -0.15) is 0 Å². The molecule has 0 atom stereocenters. The molecule has 0 spiro atoms. The van der Waals surface area contributed by atoms with Crippen LogP contribution < -0.4 is 10.6 Å². The smallest absolute Gasteiger partial charge is 0.308 e. The number of benzene rings is 2. The summed E-state index contributed by atoms with van der Waals surface area (Å²) in [6.07, 6.45) is 0. The molecule has 3 nitrogen and oxygen atoms in total. The lowest BCUT2D eigenvalue weighted by Crippen LogP contribution is -2.20. The van der Waals surface area contributed by atoms with E-state index in [0.717, 1.165) is 0 Å². The van der Waals surface area contributed by atoms with Gasteiger partial charge in [0, 0.05) is 21.4 Å². The zero-order valence-corrected chi connectivity index (χ0v) is 13.9. The van der Waals surface area contributed by atoms with E-state index in [9.17, 15) is 9.18 Å². The largest absolute Gasteiger partial charge is 0.323 e. The van der Waals surface area contributed by atoms with Gasteiger partial charge in [-0.05, 0) is 58.7 Å². The van der Waals surface area contributed by atoms with Gasteiger partial charge in [-0.1, -0.05) is 23.2 Å². The SMILES string of the molecule is Cc1cc(F)c(Br)cc1NC(=O)Nc1cc(Cl)cc(Cl)c1. The van der Waals surface area contributed by atoms with Crippen molar-refractivity contribution in [2.24, 2.45) is 0 Å². The molecule has 0 aliphatic carbocycles. The lowest BCUT2D eigenvalue weighted by atomic mass is 10.2. The Labute approximate surface area is 139 Å². The first kappa shape index (κ1) is 16.1. The summed E-state index contributed by atoms with van der Waals surface area (Å²) in [5.41, 5.74) is 1.56. The van der Waals surface area contributed by atoms with Crippen molar-refractivity contribution in [3.8, 4) is 0 Å². The van der Waals surface area contributed by atoms with Crippen molar-refractivity contribution in [2.45, 2.75) is 6.92 Å². The maximum atomic E-state index is 13.3. The van der Waals surface area contributed by atoms with Gasteiger partial charge in [-0.25, -0.2) is 9.18 Å². The average Bonchev–Trinajstić information content (AvgIpc) is 2.34. The fourth-order valence-corrected chi connectivity index (χ4v) is 2.56. The van der Waals surface area contributed by atoms with E-state index in [2.05, 4.69) is 26.6 Å². The normalized spacial score (nSPS) is 10.3. The predicted molar refractivity (Wildman–Crippen MR) is 87.9 cm³/mol. The van der Waals surface area contributed by atoms with Gasteiger partial charge in [-0.3, -0.25) is 0 Å². The van der Waals surface area contributed by atoms with Gasteiger partial charge >= 0.3 is 6.03 Å². The molecule has 0 aliphatic rings. The Kier molecular flexibility index (Phi) is 5.08. The quantitative estimate of drug-likeness (QED) is 0.662. The summed E-state index contributed by atoms with van der Waals surface area (Å²) in [5.74, 6) is -0.389. The molecule has 0 saturated heterocycles. The highest BCUT2D eigenvalue weighted by molar-refractivity contribution is 9.10. The Hall–Kier alpha value is -1.30. The highest BCUT2D eigenvalue weighted by Crippen LogP contribution is 2.25. The molecule has 0 radical (unpaired) electrons. The van der Waals surface area contributed by atoms with Crippen molar-refractivity contribution in [3.05, 3.63) is 56.2 Å². The van der Waals surface area contributed by atoms with Crippen LogP contribution in [0.3, 0.4) is 0 Å². The van der Waals surface area contributed by atoms with Crippen LogP contribution in [-0.2, 0) is 0 Å². The summed E-state index contributed by atoms with van der Waals surface area (Å²) in [7, 11) is 0. The zero-order chi connectivity index (χ0) is 15.6. The zero-order valence-electron chi connectivity index (χ0n) is 10.8. The van der Waals surface area contributed by atoms with Crippen molar-refractivity contribution >= 4 is 56.5 Å². The molecule has 2 rings (SSSR count). The summed E-state index contributed by atoms with van der Waals surface area (Å²) < 4.78 is 13.6. The van der Waals surface area contributed by atoms with Gasteiger partial charge in [0.15, 0.2) is 0 Å². The average molecular weight is 392 g/mol. The van der Waals surface area contributed by atoms with Gasteiger partial charge in [0.25, 0.3) is 0 Å². The molecule has 0 unspecified atom stereocenters. The third-order valence-electron chi connectivity index (χ3n) is 2.64. The third kappa shape index (κ3) is 4.33. The lowest BCUT2D eigenvalue weighted by Gasteiger charge is -2.11. The number of hydrogen-bond acceptors (Lipinski definition) is 1. The first-order chi connectivity index (χ1) is 9.85. The van der Waals surface area contributed by atoms with E-state index in [1.54, 1.807) is 25.1 Å². The molecular weight excluding hydrogens is 382 g/mol. The van der Waals surface area contributed by atoms with Crippen LogP contribution in [0.15, 0.2) is 34.8 Å². The molecular formula is C14H10BrCl2FN2O. The highest BCUT2D eigenvalue weighted by atomic mass is 79.9. The van der Waals surface area contributed by atoms with Crippen LogP contribution in [0.1, 0.15) is 5.56 Å². The van der Waals surface area contributed by atoms with Gasteiger partial charge < -0.3 is 10.6 Å². The number of amides is 2. The Morgan fingerprint density at radius 3 is 2.33 bits per heavy atom. The minimum Gasteiger partial charge on any atom is -0.308 e. The molecule has 21 heavy (non-hydrogen) atoms. The van der Waals surface area contributed by atoms with Crippen LogP contribution in [0, 0.1) is 12.7 Å². The maximum Gasteiger partial charge on any atom is 0.323 e. The van der Waals surface area contributed by atoms with Crippen molar-refractivity contribution in [2.75, 3.05) is 10.6 Å². The highest BCUT2D eigenvalue weighted by Gasteiger charge is 2.09. The number of nitrogens with one attached hydrogen (secondary N) is 2. The molecule has 2 aromatic rings. The number of carbonyl (C=O) groups is 1. The van der Waals surface area contributed by atoms with Crippen LogP contribution in [0.5, 0.6) is 0 Å². The lowest BCUT2D eigenvalue weighted by molar-refractivity contribution is 0.262. The summed E-state index contributed by atoms with van der Waals surface area (Å²) in [4.78, 5) is 11.9. The molecule has 0 fully saturated rings. The van der Waals surface area contributed by atoms with Crippen LogP contribution in [-0.4, -0.2) is 6.03 Å². The molecule has 2 amide bonds. The topological polar surface area (TPSA) is 41.1 Å². The molecule has 0 bridgehead atoms. The fraction of sp³-hybridized carbons (Fsp3) is 0.0714. The maximum absolute atomic E-state index is 13.3. The number of rotatable bonds is 2. The van der Waals surface area contributed by atoms with Crippen molar-refractivity contribution in [1.29, 1.82) is 0 Å². The summed E-state index contributed by atoms with van der Waals surface area (Å²) in [6.45, 7) is 1.70. The fourth-order valence-electron chi connectivity index (χ4n) is 1.69.